The van der Waals surface area contributed by atoms with Crippen LogP contribution in [0.2, 0.25) is 0 Å². The lowest BCUT2D eigenvalue weighted by Gasteiger charge is -2.26. The van der Waals surface area contributed by atoms with E-state index in [1.165, 1.54) is 0 Å². The number of hydrogen-bond acceptors (Lipinski definition) is 4. The minimum atomic E-state index is -0.965. The molecule has 1 rings (SSSR count). The summed E-state index contributed by atoms with van der Waals surface area (Å²) >= 11 is 0. The summed E-state index contributed by atoms with van der Waals surface area (Å²) in [6.45, 7) is 11.9. The van der Waals surface area contributed by atoms with Gasteiger partial charge >= 0.3 is 12.0 Å². The number of aliphatic carboxylic acids is 1. The van der Waals surface area contributed by atoms with Crippen LogP contribution in [0, 0.1) is 5.92 Å². The number of ether oxygens (including phenoxy) is 2. The Morgan fingerprint density at radius 1 is 1.14 bits per heavy atom. The highest BCUT2D eigenvalue weighted by atomic mass is 16.5. The number of amides is 2. The summed E-state index contributed by atoms with van der Waals surface area (Å²) < 4.78 is 11.0. The fourth-order valence-electron chi connectivity index (χ4n) is 2.75. The van der Waals surface area contributed by atoms with Crippen molar-refractivity contribution in [1.82, 2.24) is 10.2 Å². The summed E-state index contributed by atoms with van der Waals surface area (Å²) in [5.74, 6) is 0.0847. The molecule has 0 spiro atoms. The quantitative estimate of drug-likeness (QED) is 0.521. The summed E-state index contributed by atoms with van der Waals surface area (Å²) in [5.41, 5.74) is 0.868. The molecule has 2 N–H and O–H groups in total. The molecule has 0 radical (unpaired) electrons. The van der Waals surface area contributed by atoms with Gasteiger partial charge in [0.15, 0.2) is 6.10 Å². The number of carbonyl (C=O) groups excluding carboxylic acids is 1. The third-order valence-electron chi connectivity index (χ3n) is 4.47. The van der Waals surface area contributed by atoms with Crippen LogP contribution in [0.15, 0.2) is 24.3 Å². The maximum atomic E-state index is 12.4. The Balaban J connectivity index is 2.57. The van der Waals surface area contributed by atoms with E-state index in [2.05, 4.69) is 19.2 Å². The lowest BCUT2D eigenvalue weighted by atomic mass is 10.1. The van der Waals surface area contributed by atoms with Gasteiger partial charge in [-0.25, -0.2) is 9.59 Å². The van der Waals surface area contributed by atoms with Crippen LogP contribution in [0.5, 0.6) is 5.75 Å². The van der Waals surface area contributed by atoms with Crippen molar-refractivity contribution in [2.24, 2.45) is 5.92 Å². The number of hydrogen-bond donors (Lipinski definition) is 2. The predicted molar refractivity (Wildman–Crippen MR) is 113 cm³/mol. The number of carbonyl (C=O) groups is 2. The van der Waals surface area contributed by atoms with Crippen LogP contribution in [0.3, 0.4) is 0 Å². The Morgan fingerprint density at radius 2 is 1.79 bits per heavy atom. The lowest BCUT2D eigenvalue weighted by molar-refractivity contribution is -0.149. The van der Waals surface area contributed by atoms with Gasteiger partial charge in [-0.2, -0.15) is 0 Å². The third-order valence-corrected chi connectivity index (χ3v) is 4.47. The van der Waals surface area contributed by atoms with Crippen LogP contribution in [-0.4, -0.2) is 60.5 Å². The molecule has 0 bridgehead atoms. The van der Waals surface area contributed by atoms with Crippen molar-refractivity contribution in [1.29, 1.82) is 0 Å². The van der Waals surface area contributed by atoms with E-state index >= 15 is 0 Å². The SMILES string of the molecule is CCOC(Cc1ccc(OCCN(CC(C)C)C(=O)NC(C)CC)cc1)C(=O)O. The van der Waals surface area contributed by atoms with Crippen molar-refractivity contribution in [3.8, 4) is 5.75 Å². The molecule has 0 fully saturated rings. The van der Waals surface area contributed by atoms with Gasteiger partial charge in [-0.3, -0.25) is 0 Å². The second-order valence-corrected chi connectivity index (χ2v) is 7.58. The van der Waals surface area contributed by atoms with E-state index in [9.17, 15) is 14.7 Å². The molecule has 2 unspecified atom stereocenters. The molecular formula is C22H36N2O5. The largest absolute Gasteiger partial charge is 0.492 e. The van der Waals surface area contributed by atoms with Gasteiger partial charge in [0.25, 0.3) is 0 Å². The summed E-state index contributed by atoms with van der Waals surface area (Å²) in [6, 6.07) is 7.37. The summed E-state index contributed by atoms with van der Waals surface area (Å²) in [6.07, 6.45) is 0.345. The molecule has 0 aromatic heterocycles. The topological polar surface area (TPSA) is 88.1 Å². The zero-order valence-corrected chi connectivity index (χ0v) is 18.3. The predicted octanol–water partition coefficient (Wildman–Crippen LogP) is 3.56. The van der Waals surface area contributed by atoms with Gasteiger partial charge < -0.3 is 24.8 Å². The Kier molecular flexibility index (Phi) is 11.1. The van der Waals surface area contributed by atoms with E-state index in [0.717, 1.165) is 12.0 Å². The fraction of sp³-hybridized carbons (Fsp3) is 0.636. The summed E-state index contributed by atoms with van der Waals surface area (Å²) in [7, 11) is 0. The third kappa shape index (κ3) is 9.65. The van der Waals surface area contributed by atoms with E-state index in [-0.39, 0.29) is 12.1 Å². The van der Waals surface area contributed by atoms with Crippen LogP contribution in [0.1, 0.15) is 46.6 Å². The number of carboxylic acids is 1. The van der Waals surface area contributed by atoms with E-state index < -0.39 is 12.1 Å². The first kappa shape index (κ1) is 24.8. The molecule has 1 aromatic rings. The molecule has 7 heteroatoms. The minimum Gasteiger partial charge on any atom is -0.492 e. The Labute approximate surface area is 174 Å². The van der Waals surface area contributed by atoms with Crippen molar-refractivity contribution in [2.75, 3.05) is 26.3 Å². The van der Waals surface area contributed by atoms with Gasteiger partial charge in [0, 0.05) is 25.6 Å². The molecule has 0 saturated carbocycles. The second kappa shape index (κ2) is 13.0. The molecule has 0 aliphatic rings. The van der Waals surface area contributed by atoms with E-state index in [4.69, 9.17) is 9.47 Å². The van der Waals surface area contributed by atoms with Gasteiger partial charge in [0.05, 0.1) is 6.54 Å². The first-order valence-electron chi connectivity index (χ1n) is 10.4. The van der Waals surface area contributed by atoms with Crippen LogP contribution >= 0.6 is 0 Å². The monoisotopic (exact) mass is 408 g/mol. The zero-order chi connectivity index (χ0) is 21.8. The highest BCUT2D eigenvalue weighted by molar-refractivity contribution is 5.74. The molecule has 164 valence electrons. The second-order valence-electron chi connectivity index (χ2n) is 7.58. The van der Waals surface area contributed by atoms with Gasteiger partial charge in [-0.05, 0) is 43.9 Å². The van der Waals surface area contributed by atoms with Crippen LogP contribution in [-0.2, 0) is 16.0 Å². The van der Waals surface area contributed by atoms with Crippen LogP contribution < -0.4 is 10.1 Å². The molecule has 0 saturated heterocycles. The van der Waals surface area contributed by atoms with Crippen molar-refractivity contribution in [3.05, 3.63) is 29.8 Å². The number of nitrogens with one attached hydrogen (secondary N) is 1. The van der Waals surface area contributed by atoms with Gasteiger partial charge in [0.1, 0.15) is 12.4 Å². The van der Waals surface area contributed by atoms with Crippen molar-refractivity contribution >= 4 is 12.0 Å². The Bertz CT molecular complexity index is 618. The number of carboxylic acid groups (broad SMARTS) is 1. The average Bonchev–Trinajstić information content (AvgIpc) is 2.67. The normalized spacial score (nSPS) is 13.0. The number of urea groups is 1. The Hall–Kier alpha value is -2.28. The van der Waals surface area contributed by atoms with Gasteiger partial charge in [-0.1, -0.05) is 32.9 Å². The average molecular weight is 409 g/mol. The molecule has 0 aliphatic heterocycles. The molecular weight excluding hydrogens is 372 g/mol. The maximum absolute atomic E-state index is 12.4. The highest BCUT2D eigenvalue weighted by Crippen LogP contribution is 2.15. The summed E-state index contributed by atoms with van der Waals surface area (Å²) in [4.78, 5) is 25.4. The standard InChI is InChI=1S/C22H36N2O5/c1-6-17(5)23-22(27)24(15-16(3)4)12-13-29-19-10-8-18(9-11-19)14-20(21(25)26)28-7-2/h8-11,16-17,20H,6-7,12-15H2,1-5H3,(H,23,27)(H,25,26). The van der Waals surface area contributed by atoms with Gasteiger partial charge in [-0.15, -0.1) is 0 Å². The van der Waals surface area contributed by atoms with Crippen LogP contribution in [0.25, 0.3) is 0 Å². The van der Waals surface area contributed by atoms with Crippen molar-refractivity contribution < 1.29 is 24.2 Å². The number of benzene rings is 1. The molecule has 2 amide bonds. The smallest absolute Gasteiger partial charge is 0.333 e. The lowest BCUT2D eigenvalue weighted by Crippen LogP contribution is -2.46. The number of rotatable bonds is 13. The van der Waals surface area contributed by atoms with Crippen molar-refractivity contribution in [2.45, 2.75) is 59.6 Å². The van der Waals surface area contributed by atoms with E-state index in [1.807, 2.05) is 38.1 Å². The number of nitrogens with zero attached hydrogens (tertiary/aromatic N) is 1. The molecule has 2 atom stereocenters. The maximum Gasteiger partial charge on any atom is 0.333 e. The molecule has 1 aromatic carbocycles. The van der Waals surface area contributed by atoms with E-state index in [1.54, 1.807) is 11.8 Å². The first-order chi connectivity index (χ1) is 13.8. The van der Waals surface area contributed by atoms with Crippen LogP contribution in [0.4, 0.5) is 4.79 Å². The van der Waals surface area contributed by atoms with Gasteiger partial charge in [0.2, 0.25) is 0 Å². The molecule has 7 nitrogen and oxygen atoms in total. The fourth-order valence-corrected chi connectivity index (χ4v) is 2.75. The molecule has 29 heavy (non-hydrogen) atoms. The highest BCUT2D eigenvalue weighted by Gasteiger charge is 2.18. The zero-order valence-electron chi connectivity index (χ0n) is 18.3. The van der Waals surface area contributed by atoms with E-state index in [0.29, 0.717) is 44.4 Å². The minimum absolute atomic E-state index is 0.0670. The van der Waals surface area contributed by atoms with Crippen molar-refractivity contribution in [3.63, 3.8) is 0 Å². The molecule has 0 heterocycles. The summed E-state index contributed by atoms with van der Waals surface area (Å²) in [5, 5.41) is 12.2. The Morgan fingerprint density at radius 3 is 2.31 bits per heavy atom. The molecule has 0 aliphatic carbocycles. The first-order valence-corrected chi connectivity index (χ1v) is 10.4.